The fourth-order valence-electron chi connectivity index (χ4n) is 1.59. The molecule has 0 spiro atoms. The standard InChI is InChI=1S/C11H19F6N/c1-9(2)18(7-3-5-10(12,13)14)8-4-6-11(15,16)17/h9H,3-8H2,1-2H3. The zero-order valence-corrected chi connectivity index (χ0v) is 10.5. The molecule has 0 aromatic heterocycles. The molecule has 0 bridgehead atoms. The van der Waals surface area contributed by atoms with E-state index in [1.807, 2.05) is 0 Å². The summed E-state index contributed by atoms with van der Waals surface area (Å²) >= 11 is 0. The van der Waals surface area contributed by atoms with Crippen LogP contribution in [0, 0.1) is 0 Å². The summed E-state index contributed by atoms with van der Waals surface area (Å²) in [6, 6.07) is -0.0496. The lowest BCUT2D eigenvalue weighted by atomic mass is 10.2. The first kappa shape index (κ1) is 17.5. The molecule has 7 heteroatoms. The van der Waals surface area contributed by atoms with Crippen LogP contribution in [-0.2, 0) is 0 Å². The van der Waals surface area contributed by atoms with Crippen molar-refractivity contribution in [3.05, 3.63) is 0 Å². The SMILES string of the molecule is CC(C)N(CCCC(F)(F)F)CCCC(F)(F)F. The van der Waals surface area contributed by atoms with Crippen molar-refractivity contribution < 1.29 is 26.3 Å². The fraction of sp³-hybridized carbons (Fsp3) is 1.00. The van der Waals surface area contributed by atoms with Gasteiger partial charge in [-0.2, -0.15) is 26.3 Å². The number of rotatable bonds is 7. The molecule has 1 nitrogen and oxygen atoms in total. The van der Waals surface area contributed by atoms with Gasteiger partial charge in [-0.1, -0.05) is 0 Å². The Morgan fingerprint density at radius 3 is 1.33 bits per heavy atom. The quantitative estimate of drug-likeness (QED) is 0.625. The van der Waals surface area contributed by atoms with Gasteiger partial charge in [0.1, 0.15) is 0 Å². The Bertz CT molecular complexity index is 201. The molecular weight excluding hydrogens is 260 g/mol. The van der Waals surface area contributed by atoms with Gasteiger partial charge in [0, 0.05) is 18.9 Å². The summed E-state index contributed by atoms with van der Waals surface area (Å²) in [6.07, 6.45) is -10.3. The van der Waals surface area contributed by atoms with Crippen molar-refractivity contribution in [1.29, 1.82) is 0 Å². The average molecular weight is 279 g/mol. The van der Waals surface area contributed by atoms with Crippen molar-refractivity contribution in [1.82, 2.24) is 4.90 Å². The topological polar surface area (TPSA) is 3.24 Å². The number of hydrogen-bond donors (Lipinski definition) is 0. The van der Waals surface area contributed by atoms with Gasteiger partial charge in [-0.15, -0.1) is 0 Å². The Kier molecular flexibility index (Phi) is 7.02. The Morgan fingerprint density at radius 1 is 0.778 bits per heavy atom. The van der Waals surface area contributed by atoms with Crippen LogP contribution in [0.1, 0.15) is 39.5 Å². The summed E-state index contributed by atoms with van der Waals surface area (Å²) in [6.45, 7) is 3.88. The minimum Gasteiger partial charge on any atom is -0.301 e. The highest BCUT2D eigenvalue weighted by Crippen LogP contribution is 2.23. The predicted molar refractivity (Wildman–Crippen MR) is 57.3 cm³/mol. The van der Waals surface area contributed by atoms with Gasteiger partial charge >= 0.3 is 12.4 Å². The van der Waals surface area contributed by atoms with Crippen molar-refractivity contribution in [2.24, 2.45) is 0 Å². The lowest BCUT2D eigenvalue weighted by molar-refractivity contribution is -0.137. The zero-order valence-electron chi connectivity index (χ0n) is 10.5. The van der Waals surface area contributed by atoms with E-state index < -0.39 is 25.2 Å². The van der Waals surface area contributed by atoms with Crippen molar-refractivity contribution in [2.75, 3.05) is 13.1 Å². The fourth-order valence-corrected chi connectivity index (χ4v) is 1.59. The minimum atomic E-state index is -4.20. The smallest absolute Gasteiger partial charge is 0.301 e. The van der Waals surface area contributed by atoms with Gasteiger partial charge in [-0.3, -0.25) is 0 Å². The molecule has 110 valence electrons. The molecule has 0 amide bonds. The van der Waals surface area contributed by atoms with Gasteiger partial charge < -0.3 is 4.90 Å². The van der Waals surface area contributed by atoms with Crippen molar-refractivity contribution in [2.45, 2.75) is 57.9 Å². The molecule has 0 saturated heterocycles. The van der Waals surface area contributed by atoms with Crippen LogP contribution in [0.25, 0.3) is 0 Å². The van der Waals surface area contributed by atoms with Crippen LogP contribution in [0.2, 0.25) is 0 Å². The van der Waals surface area contributed by atoms with E-state index in [4.69, 9.17) is 0 Å². The largest absolute Gasteiger partial charge is 0.389 e. The maximum atomic E-state index is 11.9. The number of alkyl halides is 6. The van der Waals surface area contributed by atoms with E-state index in [-0.39, 0.29) is 32.0 Å². The van der Waals surface area contributed by atoms with E-state index in [9.17, 15) is 26.3 Å². The summed E-state index contributed by atoms with van der Waals surface area (Å²) in [4.78, 5) is 1.65. The monoisotopic (exact) mass is 279 g/mol. The second-order valence-corrected chi connectivity index (χ2v) is 4.57. The van der Waals surface area contributed by atoms with Crippen LogP contribution in [0.4, 0.5) is 26.3 Å². The van der Waals surface area contributed by atoms with E-state index in [2.05, 4.69) is 0 Å². The third kappa shape index (κ3) is 10.7. The van der Waals surface area contributed by atoms with E-state index in [1.165, 1.54) is 0 Å². The van der Waals surface area contributed by atoms with Crippen molar-refractivity contribution in [3.8, 4) is 0 Å². The molecule has 0 rings (SSSR count). The third-order valence-electron chi connectivity index (χ3n) is 2.54. The van der Waals surface area contributed by atoms with Gasteiger partial charge in [-0.05, 0) is 39.8 Å². The minimum absolute atomic E-state index is 0.0496. The lowest BCUT2D eigenvalue weighted by Crippen LogP contribution is -2.33. The van der Waals surface area contributed by atoms with Gasteiger partial charge in [0.2, 0.25) is 0 Å². The Hall–Kier alpha value is -0.460. The molecule has 0 aliphatic carbocycles. The number of nitrogens with zero attached hydrogens (tertiary/aromatic N) is 1. The highest BCUT2D eigenvalue weighted by Gasteiger charge is 2.28. The molecule has 0 radical (unpaired) electrons. The van der Waals surface area contributed by atoms with E-state index in [0.717, 1.165) is 0 Å². The molecule has 0 aliphatic rings. The molecule has 0 saturated carbocycles. The Balaban J connectivity index is 3.94. The van der Waals surface area contributed by atoms with Crippen LogP contribution in [0.3, 0.4) is 0 Å². The van der Waals surface area contributed by atoms with Gasteiger partial charge in [0.15, 0.2) is 0 Å². The van der Waals surface area contributed by atoms with Crippen LogP contribution in [-0.4, -0.2) is 36.4 Å². The molecule has 0 unspecified atom stereocenters. The number of halogens is 6. The summed E-state index contributed by atoms with van der Waals surface area (Å²) in [5, 5.41) is 0. The molecule has 0 aliphatic heterocycles. The zero-order chi connectivity index (χ0) is 14.4. The molecule has 0 heterocycles. The predicted octanol–water partition coefficient (Wildman–Crippen LogP) is 4.38. The molecule has 18 heavy (non-hydrogen) atoms. The second kappa shape index (κ2) is 7.21. The summed E-state index contributed by atoms with van der Waals surface area (Å²) in [7, 11) is 0. The molecule has 0 fully saturated rings. The summed E-state index contributed by atoms with van der Waals surface area (Å²) < 4.78 is 71.7. The first-order valence-electron chi connectivity index (χ1n) is 5.89. The van der Waals surface area contributed by atoms with Crippen LogP contribution >= 0.6 is 0 Å². The van der Waals surface area contributed by atoms with Gasteiger partial charge in [0.25, 0.3) is 0 Å². The maximum Gasteiger partial charge on any atom is 0.389 e. The van der Waals surface area contributed by atoms with Crippen LogP contribution in [0.15, 0.2) is 0 Å². The third-order valence-corrected chi connectivity index (χ3v) is 2.54. The highest BCUT2D eigenvalue weighted by atomic mass is 19.4. The van der Waals surface area contributed by atoms with Gasteiger partial charge in [-0.25, -0.2) is 0 Å². The molecule has 0 N–H and O–H groups in total. The molecule has 0 aromatic rings. The first-order valence-corrected chi connectivity index (χ1v) is 5.89. The van der Waals surface area contributed by atoms with Crippen LogP contribution < -0.4 is 0 Å². The molecular formula is C11H19F6N. The highest BCUT2D eigenvalue weighted by molar-refractivity contribution is 4.65. The Labute approximate surface area is 103 Å². The van der Waals surface area contributed by atoms with Gasteiger partial charge in [0.05, 0.1) is 0 Å². The Morgan fingerprint density at radius 2 is 1.11 bits per heavy atom. The van der Waals surface area contributed by atoms with E-state index in [1.54, 1.807) is 18.7 Å². The summed E-state index contributed by atoms with van der Waals surface area (Å²) in [5.74, 6) is 0. The molecule has 0 atom stereocenters. The summed E-state index contributed by atoms with van der Waals surface area (Å²) in [5.41, 5.74) is 0. The van der Waals surface area contributed by atoms with E-state index in [0.29, 0.717) is 0 Å². The van der Waals surface area contributed by atoms with Crippen molar-refractivity contribution >= 4 is 0 Å². The van der Waals surface area contributed by atoms with E-state index >= 15 is 0 Å². The van der Waals surface area contributed by atoms with Crippen LogP contribution in [0.5, 0.6) is 0 Å². The first-order chi connectivity index (χ1) is 8.01. The maximum absolute atomic E-state index is 11.9. The average Bonchev–Trinajstić information content (AvgIpc) is 2.11. The lowest BCUT2D eigenvalue weighted by Gasteiger charge is -2.26. The molecule has 0 aromatic carbocycles. The second-order valence-electron chi connectivity index (χ2n) is 4.57. The normalized spacial score (nSPS) is 13.7. The van der Waals surface area contributed by atoms with Crippen molar-refractivity contribution in [3.63, 3.8) is 0 Å². The number of hydrogen-bond acceptors (Lipinski definition) is 1.